The van der Waals surface area contributed by atoms with Gasteiger partial charge >= 0.3 is 0 Å². The summed E-state index contributed by atoms with van der Waals surface area (Å²) >= 11 is 0. The molecule has 3 nitrogen and oxygen atoms in total. The fraction of sp³-hybridized carbons (Fsp3) is 0.917. The summed E-state index contributed by atoms with van der Waals surface area (Å²) in [6.07, 6.45) is 4.61. The molecule has 0 aromatic rings. The van der Waals surface area contributed by atoms with Gasteiger partial charge in [-0.25, -0.2) is 0 Å². The number of hydrogen-bond donors (Lipinski definition) is 2. The van der Waals surface area contributed by atoms with Crippen molar-refractivity contribution in [2.45, 2.75) is 52.5 Å². The molecule has 0 radical (unpaired) electrons. The van der Waals surface area contributed by atoms with Crippen LogP contribution < -0.4 is 11.1 Å². The number of carbonyl (C=O) groups is 1. The van der Waals surface area contributed by atoms with E-state index in [4.69, 9.17) is 5.73 Å². The Labute approximate surface area is 92.8 Å². The molecule has 1 aliphatic rings. The van der Waals surface area contributed by atoms with E-state index in [1.165, 1.54) is 12.8 Å². The van der Waals surface area contributed by atoms with Gasteiger partial charge in [-0.1, -0.05) is 26.7 Å². The number of amides is 1. The number of nitrogens with one attached hydrogen (secondary N) is 1. The van der Waals surface area contributed by atoms with E-state index in [-0.39, 0.29) is 23.3 Å². The maximum Gasteiger partial charge on any atom is 0.223 e. The molecule has 0 heterocycles. The maximum absolute atomic E-state index is 12.0. The van der Waals surface area contributed by atoms with Crippen molar-refractivity contribution in [3.8, 4) is 0 Å². The van der Waals surface area contributed by atoms with Gasteiger partial charge in [0.25, 0.3) is 0 Å². The normalized spacial score (nSPS) is 27.1. The molecule has 0 aromatic heterocycles. The molecule has 3 heteroatoms. The highest BCUT2D eigenvalue weighted by Gasteiger charge is 2.37. The summed E-state index contributed by atoms with van der Waals surface area (Å²) in [7, 11) is 0. The molecule has 1 amide bonds. The van der Waals surface area contributed by atoms with Crippen LogP contribution in [0.2, 0.25) is 0 Å². The van der Waals surface area contributed by atoms with Crippen molar-refractivity contribution in [3.63, 3.8) is 0 Å². The van der Waals surface area contributed by atoms with E-state index >= 15 is 0 Å². The Bertz CT molecular complexity index is 226. The highest BCUT2D eigenvalue weighted by Crippen LogP contribution is 2.40. The van der Waals surface area contributed by atoms with Gasteiger partial charge in [0.1, 0.15) is 0 Å². The van der Waals surface area contributed by atoms with Crippen molar-refractivity contribution in [1.29, 1.82) is 0 Å². The predicted octanol–water partition coefficient (Wildman–Crippen LogP) is 1.67. The van der Waals surface area contributed by atoms with Crippen LogP contribution in [0.1, 0.15) is 46.5 Å². The zero-order valence-electron chi connectivity index (χ0n) is 10.2. The molecule has 0 aromatic carbocycles. The molecule has 0 bridgehead atoms. The molecule has 1 rings (SSSR count). The second kappa shape index (κ2) is 4.97. The lowest BCUT2D eigenvalue weighted by molar-refractivity contribution is -0.130. The van der Waals surface area contributed by atoms with Gasteiger partial charge in [0.2, 0.25) is 5.91 Å². The second-order valence-corrected chi connectivity index (χ2v) is 5.43. The molecule has 0 aliphatic heterocycles. The van der Waals surface area contributed by atoms with Crippen LogP contribution >= 0.6 is 0 Å². The van der Waals surface area contributed by atoms with E-state index in [0.29, 0.717) is 6.54 Å². The van der Waals surface area contributed by atoms with Gasteiger partial charge in [-0.15, -0.1) is 0 Å². The topological polar surface area (TPSA) is 55.1 Å². The van der Waals surface area contributed by atoms with Crippen LogP contribution in [-0.4, -0.2) is 18.5 Å². The molecule has 2 unspecified atom stereocenters. The smallest absolute Gasteiger partial charge is 0.223 e. The number of carbonyl (C=O) groups excluding carboxylic acids is 1. The summed E-state index contributed by atoms with van der Waals surface area (Å²) in [5, 5.41) is 2.99. The van der Waals surface area contributed by atoms with Gasteiger partial charge in [0, 0.05) is 18.5 Å². The van der Waals surface area contributed by atoms with Gasteiger partial charge in [0.15, 0.2) is 0 Å². The Hall–Kier alpha value is -0.570. The molecule has 1 aliphatic carbocycles. The third-order valence-electron chi connectivity index (χ3n) is 3.57. The van der Waals surface area contributed by atoms with Crippen molar-refractivity contribution in [3.05, 3.63) is 0 Å². The summed E-state index contributed by atoms with van der Waals surface area (Å²) in [5.74, 6) is 0.359. The van der Waals surface area contributed by atoms with Crippen LogP contribution in [0.3, 0.4) is 0 Å². The average molecular weight is 212 g/mol. The molecule has 1 fully saturated rings. The summed E-state index contributed by atoms with van der Waals surface area (Å²) in [4.78, 5) is 12.0. The minimum absolute atomic E-state index is 0.0928. The fourth-order valence-corrected chi connectivity index (χ4v) is 2.38. The lowest BCUT2D eigenvalue weighted by atomic mass is 9.68. The quantitative estimate of drug-likeness (QED) is 0.747. The first-order valence-electron chi connectivity index (χ1n) is 5.98. The SMILES string of the molecule is CC(CN)NC(=O)C1CCCCC1(C)C. The average Bonchev–Trinajstić information content (AvgIpc) is 2.16. The number of hydrogen-bond acceptors (Lipinski definition) is 2. The largest absolute Gasteiger partial charge is 0.352 e. The van der Waals surface area contributed by atoms with E-state index in [2.05, 4.69) is 19.2 Å². The van der Waals surface area contributed by atoms with Gasteiger partial charge < -0.3 is 11.1 Å². The van der Waals surface area contributed by atoms with Gasteiger partial charge in [-0.2, -0.15) is 0 Å². The van der Waals surface area contributed by atoms with Crippen molar-refractivity contribution < 1.29 is 4.79 Å². The summed E-state index contributed by atoms with van der Waals surface area (Å²) in [6, 6.07) is 0.0928. The van der Waals surface area contributed by atoms with E-state index in [1.807, 2.05) is 6.92 Å². The molecule has 3 N–H and O–H groups in total. The van der Waals surface area contributed by atoms with E-state index < -0.39 is 0 Å². The molecular formula is C12H24N2O. The first-order chi connectivity index (χ1) is 6.97. The molecular weight excluding hydrogens is 188 g/mol. The third-order valence-corrected chi connectivity index (χ3v) is 3.57. The molecule has 0 spiro atoms. The van der Waals surface area contributed by atoms with E-state index in [0.717, 1.165) is 12.8 Å². The van der Waals surface area contributed by atoms with Gasteiger partial charge in [0.05, 0.1) is 0 Å². The minimum atomic E-state index is 0.0928. The lowest BCUT2D eigenvalue weighted by Gasteiger charge is -2.38. The minimum Gasteiger partial charge on any atom is -0.352 e. The first kappa shape index (κ1) is 12.5. The van der Waals surface area contributed by atoms with Crippen LogP contribution in [0.25, 0.3) is 0 Å². The van der Waals surface area contributed by atoms with Crippen LogP contribution in [0.4, 0.5) is 0 Å². The van der Waals surface area contributed by atoms with Crippen LogP contribution in [0, 0.1) is 11.3 Å². The highest BCUT2D eigenvalue weighted by molar-refractivity contribution is 5.79. The lowest BCUT2D eigenvalue weighted by Crippen LogP contribution is -2.46. The van der Waals surface area contributed by atoms with Gasteiger partial charge in [-0.05, 0) is 25.2 Å². The predicted molar refractivity (Wildman–Crippen MR) is 62.4 cm³/mol. The summed E-state index contributed by atoms with van der Waals surface area (Å²) in [5.41, 5.74) is 5.65. The molecule has 0 saturated heterocycles. The van der Waals surface area contributed by atoms with Crippen molar-refractivity contribution in [2.24, 2.45) is 17.1 Å². The fourth-order valence-electron chi connectivity index (χ4n) is 2.38. The Kier molecular flexibility index (Phi) is 4.14. The van der Waals surface area contributed by atoms with Gasteiger partial charge in [-0.3, -0.25) is 4.79 Å². The zero-order valence-corrected chi connectivity index (χ0v) is 10.2. The van der Waals surface area contributed by atoms with Crippen molar-refractivity contribution >= 4 is 5.91 Å². The number of nitrogens with two attached hydrogens (primary N) is 1. The highest BCUT2D eigenvalue weighted by atomic mass is 16.2. The standard InChI is InChI=1S/C12H24N2O/c1-9(8-13)14-11(15)10-6-4-5-7-12(10,2)3/h9-10H,4-8,13H2,1-3H3,(H,14,15). The van der Waals surface area contributed by atoms with Crippen molar-refractivity contribution in [2.75, 3.05) is 6.54 Å². The maximum atomic E-state index is 12.0. The number of rotatable bonds is 3. The summed E-state index contributed by atoms with van der Waals surface area (Å²) in [6.45, 7) is 6.86. The summed E-state index contributed by atoms with van der Waals surface area (Å²) < 4.78 is 0. The molecule has 15 heavy (non-hydrogen) atoms. The zero-order chi connectivity index (χ0) is 11.5. The Balaban J connectivity index is 2.57. The Morgan fingerprint density at radius 3 is 2.73 bits per heavy atom. The third kappa shape index (κ3) is 3.20. The van der Waals surface area contributed by atoms with Crippen LogP contribution in [0.5, 0.6) is 0 Å². The van der Waals surface area contributed by atoms with E-state index in [9.17, 15) is 4.79 Å². The first-order valence-corrected chi connectivity index (χ1v) is 5.98. The molecule has 1 saturated carbocycles. The molecule has 2 atom stereocenters. The van der Waals surface area contributed by atoms with Crippen LogP contribution in [-0.2, 0) is 4.79 Å². The monoisotopic (exact) mass is 212 g/mol. The van der Waals surface area contributed by atoms with Crippen molar-refractivity contribution in [1.82, 2.24) is 5.32 Å². The molecule has 88 valence electrons. The Morgan fingerprint density at radius 2 is 2.20 bits per heavy atom. The second-order valence-electron chi connectivity index (χ2n) is 5.43. The van der Waals surface area contributed by atoms with E-state index in [1.54, 1.807) is 0 Å². The Morgan fingerprint density at radius 1 is 1.53 bits per heavy atom. The van der Waals surface area contributed by atoms with Crippen LogP contribution in [0.15, 0.2) is 0 Å².